The number of nitrogens with zero attached hydrogens (tertiary/aromatic N) is 1. The van der Waals surface area contributed by atoms with E-state index in [0.29, 0.717) is 5.56 Å². The van der Waals surface area contributed by atoms with Crippen LogP contribution in [0.25, 0.3) is 0 Å². The molecule has 2 rings (SSSR count). The summed E-state index contributed by atoms with van der Waals surface area (Å²) in [4.78, 5) is 11.3. The number of hydrogen-bond donors (Lipinski definition) is 2. The second kappa shape index (κ2) is 5.64. The fourth-order valence-electron chi connectivity index (χ4n) is 1.70. The molecule has 0 heterocycles. The van der Waals surface area contributed by atoms with E-state index in [1.54, 1.807) is 12.1 Å². The van der Waals surface area contributed by atoms with Crippen LogP contribution in [0.1, 0.15) is 15.9 Å². The largest absolute Gasteiger partial charge is 0.366 e. The third-order valence-corrected chi connectivity index (χ3v) is 4.11. The molecule has 0 bridgehead atoms. The molecule has 0 aromatic heterocycles. The second-order valence-electron chi connectivity index (χ2n) is 4.15. The Morgan fingerprint density at radius 2 is 1.71 bits per heavy atom. The lowest BCUT2D eigenvalue weighted by Gasteiger charge is -2.10. The van der Waals surface area contributed by atoms with E-state index < -0.39 is 15.9 Å². The van der Waals surface area contributed by atoms with Gasteiger partial charge in [-0.2, -0.15) is 5.26 Å². The standard InChI is InChI=1S/C14H11N3O3S/c15-9-10-5-7-11(8-6-10)21(19,20)17-13-4-2-1-3-12(13)14(16)18/h1-8,17H,(H2,16,18). The molecule has 2 aromatic carbocycles. The first kappa shape index (κ1) is 14.6. The van der Waals surface area contributed by atoms with E-state index in [1.807, 2.05) is 6.07 Å². The molecule has 0 unspecified atom stereocenters. The van der Waals surface area contributed by atoms with E-state index in [4.69, 9.17) is 11.0 Å². The van der Waals surface area contributed by atoms with Crippen LogP contribution in [0.15, 0.2) is 53.4 Å². The van der Waals surface area contributed by atoms with E-state index in [1.165, 1.54) is 36.4 Å². The summed E-state index contributed by atoms with van der Waals surface area (Å²) in [6.07, 6.45) is 0. The van der Waals surface area contributed by atoms with Crippen LogP contribution in [0.3, 0.4) is 0 Å². The van der Waals surface area contributed by atoms with Crippen molar-refractivity contribution in [1.82, 2.24) is 0 Å². The molecule has 0 saturated heterocycles. The lowest BCUT2D eigenvalue weighted by molar-refractivity contribution is 0.100. The van der Waals surface area contributed by atoms with Gasteiger partial charge in [-0.15, -0.1) is 0 Å². The first-order valence-electron chi connectivity index (χ1n) is 5.86. The molecule has 0 spiro atoms. The maximum Gasteiger partial charge on any atom is 0.261 e. The highest BCUT2D eigenvalue weighted by molar-refractivity contribution is 7.92. The Bertz CT molecular complexity index is 821. The molecule has 7 heteroatoms. The number of para-hydroxylation sites is 1. The van der Waals surface area contributed by atoms with Crippen molar-refractivity contribution in [2.75, 3.05) is 4.72 Å². The molecule has 0 aliphatic heterocycles. The van der Waals surface area contributed by atoms with Gasteiger partial charge in [0.1, 0.15) is 0 Å². The summed E-state index contributed by atoms with van der Waals surface area (Å²) in [6, 6.07) is 13.4. The Morgan fingerprint density at radius 3 is 2.29 bits per heavy atom. The number of hydrogen-bond acceptors (Lipinski definition) is 4. The summed E-state index contributed by atoms with van der Waals surface area (Å²) in [5, 5.41) is 8.70. The predicted molar refractivity (Wildman–Crippen MR) is 76.9 cm³/mol. The van der Waals surface area contributed by atoms with Gasteiger partial charge in [-0.1, -0.05) is 12.1 Å². The van der Waals surface area contributed by atoms with Crippen LogP contribution in [0.4, 0.5) is 5.69 Å². The van der Waals surface area contributed by atoms with E-state index in [0.717, 1.165) is 0 Å². The Morgan fingerprint density at radius 1 is 1.10 bits per heavy atom. The Kier molecular flexibility index (Phi) is 3.91. The molecule has 2 aromatic rings. The van der Waals surface area contributed by atoms with E-state index in [9.17, 15) is 13.2 Å². The SMILES string of the molecule is N#Cc1ccc(S(=O)(=O)Nc2ccccc2C(N)=O)cc1. The van der Waals surface area contributed by atoms with Gasteiger partial charge < -0.3 is 5.73 Å². The summed E-state index contributed by atoms with van der Waals surface area (Å²) >= 11 is 0. The summed E-state index contributed by atoms with van der Waals surface area (Å²) < 4.78 is 26.8. The molecule has 0 aliphatic rings. The van der Waals surface area contributed by atoms with Gasteiger partial charge >= 0.3 is 0 Å². The number of nitrogens with two attached hydrogens (primary N) is 1. The highest BCUT2D eigenvalue weighted by Crippen LogP contribution is 2.20. The van der Waals surface area contributed by atoms with Crippen molar-refractivity contribution < 1.29 is 13.2 Å². The van der Waals surface area contributed by atoms with Crippen molar-refractivity contribution in [2.45, 2.75) is 4.90 Å². The minimum atomic E-state index is -3.86. The molecule has 21 heavy (non-hydrogen) atoms. The van der Waals surface area contributed by atoms with Crippen molar-refractivity contribution in [2.24, 2.45) is 5.73 Å². The fraction of sp³-hybridized carbons (Fsp3) is 0. The quantitative estimate of drug-likeness (QED) is 0.889. The first-order chi connectivity index (χ1) is 9.94. The highest BCUT2D eigenvalue weighted by Gasteiger charge is 2.17. The number of rotatable bonds is 4. The third-order valence-electron chi connectivity index (χ3n) is 2.73. The number of primary amides is 1. The van der Waals surface area contributed by atoms with Crippen LogP contribution in [0.2, 0.25) is 0 Å². The van der Waals surface area contributed by atoms with Crippen molar-refractivity contribution in [3.63, 3.8) is 0 Å². The smallest absolute Gasteiger partial charge is 0.261 e. The molecular formula is C14H11N3O3S. The molecule has 6 nitrogen and oxygen atoms in total. The Hall–Kier alpha value is -2.85. The monoisotopic (exact) mass is 301 g/mol. The number of carbonyl (C=O) groups is 1. The lowest BCUT2D eigenvalue weighted by Crippen LogP contribution is -2.18. The topological polar surface area (TPSA) is 113 Å². The zero-order chi connectivity index (χ0) is 15.5. The first-order valence-corrected chi connectivity index (χ1v) is 7.34. The van der Waals surface area contributed by atoms with Crippen molar-refractivity contribution in [3.05, 3.63) is 59.7 Å². The summed E-state index contributed by atoms with van der Waals surface area (Å²) in [5.41, 5.74) is 5.74. The van der Waals surface area contributed by atoms with Crippen LogP contribution in [-0.2, 0) is 10.0 Å². The number of carbonyl (C=O) groups excluding carboxylic acids is 1. The van der Waals surface area contributed by atoms with E-state index >= 15 is 0 Å². The van der Waals surface area contributed by atoms with Crippen molar-refractivity contribution in [3.8, 4) is 6.07 Å². The minimum Gasteiger partial charge on any atom is -0.366 e. The van der Waals surface area contributed by atoms with Gasteiger partial charge in [0.15, 0.2) is 0 Å². The second-order valence-corrected chi connectivity index (χ2v) is 5.83. The van der Waals surface area contributed by atoms with Gasteiger partial charge in [0.25, 0.3) is 15.9 Å². The fourth-order valence-corrected chi connectivity index (χ4v) is 2.78. The predicted octanol–water partition coefficient (Wildman–Crippen LogP) is 1.46. The van der Waals surface area contributed by atoms with Crippen molar-refractivity contribution >= 4 is 21.6 Å². The summed E-state index contributed by atoms with van der Waals surface area (Å²) in [7, 11) is -3.86. The lowest BCUT2D eigenvalue weighted by atomic mass is 10.2. The zero-order valence-corrected chi connectivity index (χ0v) is 11.6. The molecule has 106 valence electrons. The van der Waals surface area contributed by atoms with Gasteiger partial charge in [0.2, 0.25) is 0 Å². The minimum absolute atomic E-state index is 0.0132. The number of anilines is 1. The Labute approximate surface area is 121 Å². The average Bonchev–Trinajstić information content (AvgIpc) is 2.47. The van der Waals surface area contributed by atoms with Crippen molar-refractivity contribution in [1.29, 1.82) is 5.26 Å². The van der Waals surface area contributed by atoms with Gasteiger partial charge in [-0.05, 0) is 36.4 Å². The van der Waals surface area contributed by atoms with Crippen LogP contribution >= 0.6 is 0 Å². The molecular weight excluding hydrogens is 290 g/mol. The summed E-state index contributed by atoms with van der Waals surface area (Å²) in [6.45, 7) is 0. The number of sulfonamides is 1. The van der Waals surface area contributed by atoms with Gasteiger partial charge in [0.05, 0.1) is 27.8 Å². The number of nitriles is 1. The molecule has 0 atom stereocenters. The normalized spacial score (nSPS) is 10.6. The molecule has 0 aliphatic carbocycles. The molecule has 1 amide bonds. The van der Waals surface area contributed by atoms with E-state index in [-0.39, 0.29) is 16.1 Å². The van der Waals surface area contributed by atoms with E-state index in [2.05, 4.69) is 4.72 Å². The number of benzene rings is 2. The number of nitrogens with one attached hydrogen (secondary N) is 1. The van der Waals surface area contributed by atoms with Crippen LogP contribution < -0.4 is 10.5 Å². The summed E-state index contributed by atoms with van der Waals surface area (Å²) in [5.74, 6) is -0.729. The molecule has 0 saturated carbocycles. The van der Waals surface area contributed by atoms with Crippen LogP contribution in [-0.4, -0.2) is 14.3 Å². The molecule has 3 N–H and O–H groups in total. The van der Waals surface area contributed by atoms with Gasteiger partial charge in [0, 0.05) is 0 Å². The highest BCUT2D eigenvalue weighted by atomic mass is 32.2. The number of amides is 1. The Balaban J connectivity index is 2.38. The van der Waals surface area contributed by atoms with Gasteiger partial charge in [-0.25, -0.2) is 8.42 Å². The zero-order valence-electron chi connectivity index (χ0n) is 10.8. The maximum absolute atomic E-state index is 12.2. The molecule has 0 fully saturated rings. The average molecular weight is 301 g/mol. The maximum atomic E-state index is 12.2. The molecule has 0 radical (unpaired) electrons. The van der Waals surface area contributed by atoms with Crippen LogP contribution in [0.5, 0.6) is 0 Å². The van der Waals surface area contributed by atoms with Gasteiger partial charge in [-0.3, -0.25) is 9.52 Å². The third kappa shape index (κ3) is 3.19. The van der Waals surface area contributed by atoms with Crippen LogP contribution in [0, 0.1) is 11.3 Å².